The summed E-state index contributed by atoms with van der Waals surface area (Å²) in [4.78, 5) is 17.8. The normalized spacial score (nSPS) is 17.5. The number of aromatic nitrogens is 1. The number of nitrogens with one attached hydrogen (secondary N) is 2. The van der Waals surface area contributed by atoms with Gasteiger partial charge in [0, 0.05) is 37.9 Å². The van der Waals surface area contributed by atoms with E-state index in [2.05, 4.69) is 39.5 Å². The molecular weight excluding hydrogens is 352 g/mol. The molecule has 1 aliphatic heterocycles. The van der Waals surface area contributed by atoms with E-state index in [4.69, 9.17) is 16.8 Å². The largest absolute Gasteiger partial charge is 0.365 e. The van der Waals surface area contributed by atoms with Gasteiger partial charge in [0.2, 0.25) is 0 Å². The third kappa shape index (κ3) is 5.05. The Balaban J connectivity index is 1.56. The first-order valence-corrected chi connectivity index (χ1v) is 8.82. The van der Waals surface area contributed by atoms with Gasteiger partial charge < -0.3 is 5.32 Å². The summed E-state index contributed by atoms with van der Waals surface area (Å²) in [7, 11) is 0. The first-order chi connectivity index (χ1) is 12.6. The molecule has 1 aromatic carbocycles. The lowest BCUT2D eigenvalue weighted by Crippen LogP contribution is -2.26. The Kier molecular flexibility index (Phi) is 6.22. The Morgan fingerprint density at radius 3 is 2.92 bits per heavy atom. The van der Waals surface area contributed by atoms with Crippen LogP contribution >= 0.6 is 11.6 Å². The molecule has 1 aliphatic rings. The number of nitrogens with zero attached hydrogens (tertiary/aromatic N) is 2. The summed E-state index contributed by atoms with van der Waals surface area (Å²) in [5, 5.41) is 12.4. The SMILES string of the molecule is O=C(/C=C/c1cnc(N[C@H]2CCN(Cc3ccccc3)C2)c(Cl)c1)NO. The van der Waals surface area contributed by atoms with Gasteiger partial charge in [-0.2, -0.15) is 0 Å². The third-order valence-corrected chi connectivity index (χ3v) is 4.55. The maximum Gasteiger partial charge on any atom is 0.267 e. The lowest BCUT2D eigenvalue weighted by molar-refractivity contribution is -0.124. The molecule has 1 atom stereocenters. The molecule has 0 radical (unpaired) electrons. The van der Waals surface area contributed by atoms with Crippen molar-refractivity contribution in [1.29, 1.82) is 0 Å². The van der Waals surface area contributed by atoms with Crippen LogP contribution in [-0.4, -0.2) is 40.1 Å². The molecule has 0 saturated carbocycles. The predicted molar refractivity (Wildman–Crippen MR) is 102 cm³/mol. The molecule has 6 nitrogen and oxygen atoms in total. The summed E-state index contributed by atoms with van der Waals surface area (Å²) in [5.41, 5.74) is 3.53. The molecule has 0 unspecified atom stereocenters. The fourth-order valence-electron chi connectivity index (χ4n) is 2.99. The van der Waals surface area contributed by atoms with Crippen molar-refractivity contribution in [3.63, 3.8) is 0 Å². The molecule has 0 bridgehead atoms. The number of hydrogen-bond donors (Lipinski definition) is 3. The van der Waals surface area contributed by atoms with E-state index in [1.807, 2.05) is 6.07 Å². The smallest absolute Gasteiger partial charge is 0.267 e. The number of amides is 1. The molecule has 2 aromatic rings. The maximum atomic E-state index is 11.0. The fraction of sp³-hybridized carbons (Fsp3) is 0.263. The van der Waals surface area contributed by atoms with E-state index in [1.54, 1.807) is 12.3 Å². The van der Waals surface area contributed by atoms with Crippen LogP contribution in [0, 0.1) is 0 Å². The van der Waals surface area contributed by atoms with Crippen LogP contribution in [0.2, 0.25) is 5.02 Å². The Bertz CT molecular complexity index is 782. The highest BCUT2D eigenvalue weighted by Crippen LogP contribution is 2.24. The van der Waals surface area contributed by atoms with Crippen molar-refractivity contribution >= 4 is 29.4 Å². The highest BCUT2D eigenvalue weighted by molar-refractivity contribution is 6.33. The first-order valence-electron chi connectivity index (χ1n) is 8.44. The zero-order chi connectivity index (χ0) is 18.4. The van der Waals surface area contributed by atoms with Crippen LogP contribution in [0.3, 0.4) is 0 Å². The number of hydroxylamine groups is 1. The number of anilines is 1. The molecule has 26 heavy (non-hydrogen) atoms. The highest BCUT2D eigenvalue weighted by atomic mass is 35.5. The molecule has 0 aliphatic carbocycles. The molecular formula is C19H21ClN4O2. The van der Waals surface area contributed by atoms with E-state index < -0.39 is 5.91 Å². The molecule has 3 rings (SSSR count). The van der Waals surface area contributed by atoms with E-state index in [0.29, 0.717) is 22.4 Å². The van der Waals surface area contributed by atoms with Gasteiger partial charge in [0.05, 0.1) is 5.02 Å². The monoisotopic (exact) mass is 372 g/mol. The molecule has 136 valence electrons. The lowest BCUT2D eigenvalue weighted by atomic mass is 10.2. The summed E-state index contributed by atoms with van der Waals surface area (Å²) >= 11 is 6.30. The van der Waals surface area contributed by atoms with Crippen molar-refractivity contribution in [2.24, 2.45) is 0 Å². The van der Waals surface area contributed by atoms with Crippen molar-refractivity contribution in [2.75, 3.05) is 18.4 Å². The van der Waals surface area contributed by atoms with E-state index in [-0.39, 0.29) is 0 Å². The second-order valence-corrected chi connectivity index (χ2v) is 6.67. The number of pyridine rings is 1. The number of benzene rings is 1. The highest BCUT2D eigenvalue weighted by Gasteiger charge is 2.23. The number of halogens is 1. The minimum absolute atomic E-state index is 0.297. The molecule has 0 spiro atoms. The molecule has 1 fully saturated rings. The van der Waals surface area contributed by atoms with E-state index in [1.165, 1.54) is 23.2 Å². The van der Waals surface area contributed by atoms with Crippen molar-refractivity contribution in [3.05, 3.63) is 64.8 Å². The van der Waals surface area contributed by atoms with Gasteiger partial charge in [-0.05, 0) is 29.7 Å². The van der Waals surface area contributed by atoms with Crippen LogP contribution in [-0.2, 0) is 11.3 Å². The minimum atomic E-state index is -0.604. The zero-order valence-corrected chi connectivity index (χ0v) is 15.0. The average Bonchev–Trinajstić information content (AvgIpc) is 3.09. The molecule has 7 heteroatoms. The Morgan fingerprint density at radius 1 is 1.38 bits per heavy atom. The fourth-order valence-corrected chi connectivity index (χ4v) is 3.22. The standard InChI is InChI=1S/C19H21ClN4O2/c20-17-10-15(6-7-18(25)23-26)11-21-19(17)22-16-8-9-24(13-16)12-14-4-2-1-3-5-14/h1-7,10-11,16,26H,8-9,12-13H2,(H,21,22)(H,23,25)/b7-6+/t16-/m0/s1. The van der Waals surface area contributed by atoms with E-state index in [0.717, 1.165) is 26.1 Å². The summed E-state index contributed by atoms with van der Waals surface area (Å²) < 4.78 is 0. The number of rotatable bonds is 6. The van der Waals surface area contributed by atoms with Gasteiger partial charge >= 0.3 is 0 Å². The minimum Gasteiger partial charge on any atom is -0.365 e. The summed E-state index contributed by atoms with van der Waals surface area (Å²) in [6, 6.07) is 12.5. The topological polar surface area (TPSA) is 77.5 Å². The van der Waals surface area contributed by atoms with Gasteiger partial charge in [-0.25, -0.2) is 10.5 Å². The summed E-state index contributed by atoms with van der Waals surface area (Å²) in [5.74, 6) is 0.0368. The Labute approximate surface area is 157 Å². The number of carbonyl (C=O) groups is 1. The third-order valence-electron chi connectivity index (χ3n) is 4.26. The maximum absolute atomic E-state index is 11.0. The number of likely N-dealkylation sites (tertiary alicyclic amines) is 1. The van der Waals surface area contributed by atoms with Crippen LogP contribution < -0.4 is 10.8 Å². The molecule has 1 saturated heterocycles. The molecule has 1 amide bonds. The van der Waals surface area contributed by atoms with Gasteiger partial charge in [-0.15, -0.1) is 0 Å². The van der Waals surface area contributed by atoms with Crippen LogP contribution in [0.25, 0.3) is 6.08 Å². The summed E-state index contributed by atoms with van der Waals surface area (Å²) in [6.45, 7) is 2.91. The van der Waals surface area contributed by atoms with E-state index >= 15 is 0 Å². The Hall–Kier alpha value is -2.41. The van der Waals surface area contributed by atoms with Crippen molar-refractivity contribution in [2.45, 2.75) is 19.0 Å². The Morgan fingerprint density at radius 2 is 2.19 bits per heavy atom. The zero-order valence-electron chi connectivity index (χ0n) is 14.2. The van der Waals surface area contributed by atoms with Crippen molar-refractivity contribution < 1.29 is 10.0 Å². The first kappa shape index (κ1) is 18.4. The van der Waals surface area contributed by atoms with Gasteiger partial charge in [-0.1, -0.05) is 41.9 Å². The van der Waals surface area contributed by atoms with Crippen LogP contribution in [0.4, 0.5) is 5.82 Å². The lowest BCUT2D eigenvalue weighted by Gasteiger charge is -2.17. The predicted octanol–water partition coefficient (Wildman–Crippen LogP) is 2.94. The van der Waals surface area contributed by atoms with Crippen LogP contribution in [0.1, 0.15) is 17.5 Å². The quantitative estimate of drug-likeness (QED) is 0.413. The summed E-state index contributed by atoms with van der Waals surface area (Å²) in [6.07, 6.45) is 5.40. The van der Waals surface area contributed by atoms with Gasteiger partial charge in [0.25, 0.3) is 5.91 Å². The second-order valence-electron chi connectivity index (χ2n) is 6.26. The number of hydrogen-bond acceptors (Lipinski definition) is 5. The molecule has 1 aromatic heterocycles. The van der Waals surface area contributed by atoms with Gasteiger partial charge in [0.15, 0.2) is 0 Å². The number of carbonyl (C=O) groups excluding carboxylic acids is 1. The average molecular weight is 373 g/mol. The van der Waals surface area contributed by atoms with Gasteiger partial charge in [0.1, 0.15) is 5.82 Å². The van der Waals surface area contributed by atoms with Crippen LogP contribution in [0.5, 0.6) is 0 Å². The molecule has 3 N–H and O–H groups in total. The van der Waals surface area contributed by atoms with Gasteiger partial charge in [-0.3, -0.25) is 14.9 Å². The van der Waals surface area contributed by atoms with E-state index in [9.17, 15) is 4.79 Å². The van der Waals surface area contributed by atoms with Crippen molar-refractivity contribution in [3.8, 4) is 0 Å². The molecule has 2 heterocycles. The second kappa shape index (κ2) is 8.80. The van der Waals surface area contributed by atoms with Crippen LogP contribution in [0.15, 0.2) is 48.7 Å². The van der Waals surface area contributed by atoms with Crippen molar-refractivity contribution in [1.82, 2.24) is 15.4 Å².